The standard InChI is InChI=1S/C21H25NO2/c23-20(18-11-5-2-6-12-18)22-19-13-7-8-15-21(19,24)16-14-17-9-3-1-4-10-17/h1-6,9-12,19,24H,7-8,13-16H2,(H,22,23)/t19-,21+/m0/s1. The average Bonchev–Trinajstić information content (AvgIpc) is 2.64. The fraction of sp³-hybridized carbons (Fsp3) is 0.381. The average molecular weight is 323 g/mol. The minimum Gasteiger partial charge on any atom is -0.388 e. The van der Waals surface area contributed by atoms with Crippen LogP contribution in [0.2, 0.25) is 0 Å². The highest BCUT2D eigenvalue weighted by Crippen LogP contribution is 2.32. The van der Waals surface area contributed by atoms with Gasteiger partial charge in [-0.2, -0.15) is 0 Å². The van der Waals surface area contributed by atoms with Crippen molar-refractivity contribution < 1.29 is 9.90 Å². The molecule has 126 valence electrons. The molecule has 3 nitrogen and oxygen atoms in total. The molecule has 3 rings (SSSR count). The number of amides is 1. The van der Waals surface area contributed by atoms with Gasteiger partial charge in [0.25, 0.3) is 5.91 Å². The molecular weight excluding hydrogens is 298 g/mol. The SMILES string of the molecule is O=C(N[C@H]1CCCC[C@@]1(O)CCc1ccccc1)c1ccccc1. The van der Waals surface area contributed by atoms with E-state index >= 15 is 0 Å². The van der Waals surface area contributed by atoms with Gasteiger partial charge in [-0.3, -0.25) is 4.79 Å². The molecule has 0 spiro atoms. The van der Waals surface area contributed by atoms with Crippen LogP contribution in [0.3, 0.4) is 0 Å². The summed E-state index contributed by atoms with van der Waals surface area (Å²) in [6.07, 6.45) is 5.16. The molecule has 1 fully saturated rings. The molecule has 0 aliphatic heterocycles. The second-order valence-electron chi connectivity index (χ2n) is 6.73. The number of carbonyl (C=O) groups excluding carboxylic acids is 1. The summed E-state index contributed by atoms with van der Waals surface area (Å²) in [4.78, 5) is 12.5. The zero-order valence-corrected chi connectivity index (χ0v) is 13.9. The first-order valence-electron chi connectivity index (χ1n) is 8.80. The third-order valence-electron chi connectivity index (χ3n) is 5.03. The Kier molecular flexibility index (Phi) is 5.31. The number of aliphatic hydroxyl groups is 1. The van der Waals surface area contributed by atoms with Crippen LogP contribution in [-0.2, 0) is 6.42 Å². The normalized spacial score (nSPS) is 23.6. The first-order valence-corrected chi connectivity index (χ1v) is 8.80. The van der Waals surface area contributed by atoms with Crippen molar-refractivity contribution in [2.45, 2.75) is 50.2 Å². The molecule has 1 saturated carbocycles. The first-order chi connectivity index (χ1) is 11.7. The van der Waals surface area contributed by atoms with Gasteiger partial charge in [0.15, 0.2) is 0 Å². The molecule has 0 bridgehead atoms. The molecule has 0 radical (unpaired) electrons. The van der Waals surface area contributed by atoms with Crippen LogP contribution in [0.4, 0.5) is 0 Å². The smallest absolute Gasteiger partial charge is 0.251 e. The lowest BCUT2D eigenvalue weighted by Crippen LogP contribution is -2.54. The summed E-state index contributed by atoms with van der Waals surface area (Å²) in [6, 6.07) is 19.3. The van der Waals surface area contributed by atoms with Crippen molar-refractivity contribution in [3.8, 4) is 0 Å². The number of rotatable bonds is 5. The Morgan fingerprint density at radius 2 is 1.71 bits per heavy atom. The van der Waals surface area contributed by atoms with E-state index in [2.05, 4.69) is 17.4 Å². The lowest BCUT2D eigenvalue weighted by molar-refractivity contribution is -0.0315. The van der Waals surface area contributed by atoms with Crippen LogP contribution in [-0.4, -0.2) is 22.7 Å². The molecule has 24 heavy (non-hydrogen) atoms. The number of benzene rings is 2. The van der Waals surface area contributed by atoms with Crippen molar-refractivity contribution in [2.24, 2.45) is 0 Å². The summed E-state index contributed by atoms with van der Waals surface area (Å²) in [5.74, 6) is -0.0966. The van der Waals surface area contributed by atoms with Crippen molar-refractivity contribution in [2.75, 3.05) is 0 Å². The van der Waals surface area contributed by atoms with Crippen LogP contribution in [0.15, 0.2) is 60.7 Å². The summed E-state index contributed by atoms with van der Waals surface area (Å²) in [5, 5.41) is 14.2. The van der Waals surface area contributed by atoms with Gasteiger partial charge in [-0.15, -0.1) is 0 Å². The van der Waals surface area contributed by atoms with Crippen molar-refractivity contribution in [1.82, 2.24) is 5.32 Å². The summed E-state index contributed by atoms with van der Waals surface area (Å²) < 4.78 is 0. The Morgan fingerprint density at radius 3 is 2.42 bits per heavy atom. The second-order valence-corrected chi connectivity index (χ2v) is 6.73. The monoisotopic (exact) mass is 323 g/mol. The van der Waals surface area contributed by atoms with Gasteiger partial charge in [0, 0.05) is 5.56 Å². The molecular formula is C21H25NO2. The minimum absolute atomic E-state index is 0.0966. The number of nitrogens with one attached hydrogen (secondary N) is 1. The molecule has 0 aromatic heterocycles. The Hall–Kier alpha value is -2.13. The Balaban J connectivity index is 1.67. The summed E-state index contributed by atoms with van der Waals surface area (Å²) in [7, 11) is 0. The van der Waals surface area contributed by atoms with Gasteiger partial charge in [0.1, 0.15) is 0 Å². The van der Waals surface area contributed by atoms with Crippen molar-refractivity contribution in [3.05, 3.63) is 71.8 Å². The molecule has 2 N–H and O–H groups in total. The van der Waals surface area contributed by atoms with Crippen LogP contribution < -0.4 is 5.32 Å². The van der Waals surface area contributed by atoms with Crippen LogP contribution in [0.5, 0.6) is 0 Å². The van der Waals surface area contributed by atoms with E-state index in [0.717, 1.165) is 32.1 Å². The zero-order valence-electron chi connectivity index (χ0n) is 13.9. The topological polar surface area (TPSA) is 49.3 Å². The summed E-state index contributed by atoms with van der Waals surface area (Å²) >= 11 is 0. The third kappa shape index (κ3) is 4.04. The second kappa shape index (κ2) is 7.63. The number of hydrogen-bond donors (Lipinski definition) is 2. The molecule has 0 saturated heterocycles. The van der Waals surface area contributed by atoms with Gasteiger partial charge >= 0.3 is 0 Å². The molecule has 0 heterocycles. The zero-order chi connectivity index (χ0) is 16.8. The molecule has 1 aliphatic rings. The van der Waals surface area contributed by atoms with Gasteiger partial charge in [-0.25, -0.2) is 0 Å². The first kappa shape index (κ1) is 16.7. The largest absolute Gasteiger partial charge is 0.388 e. The number of carbonyl (C=O) groups is 1. The van der Waals surface area contributed by atoms with E-state index in [1.54, 1.807) is 12.1 Å². The predicted molar refractivity (Wildman–Crippen MR) is 95.9 cm³/mol. The number of aryl methyl sites for hydroxylation is 1. The summed E-state index contributed by atoms with van der Waals surface area (Å²) in [6.45, 7) is 0. The van der Waals surface area contributed by atoms with E-state index in [0.29, 0.717) is 12.0 Å². The van der Waals surface area contributed by atoms with Crippen molar-refractivity contribution in [1.29, 1.82) is 0 Å². The van der Waals surface area contributed by atoms with Gasteiger partial charge < -0.3 is 10.4 Å². The number of hydrogen-bond acceptors (Lipinski definition) is 2. The van der Waals surface area contributed by atoms with Gasteiger partial charge in [-0.1, -0.05) is 61.4 Å². The Bertz CT molecular complexity index is 656. The van der Waals surface area contributed by atoms with E-state index < -0.39 is 5.60 Å². The fourth-order valence-corrected chi connectivity index (χ4v) is 3.56. The van der Waals surface area contributed by atoms with E-state index in [1.807, 2.05) is 36.4 Å². The van der Waals surface area contributed by atoms with Crippen LogP contribution in [0.25, 0.3) is 0 Å². The summed E-state index contributed by atoms with van der Waals surface area (Å²) in [5.41, 5.74) is 1.05. The lowest BCUT2D eigenvalue weighted by Gasteiger charge is -2.40. The van der Waals surface area contributed by atoms with Gasteiger partial charge in [0.05, 0.1) is 11.6 Å². The quantitative estimate of drug-likeness (QED) is 0.881. The van der Waals surface area contributed by atoms with E-state index in [1.165, 1.54) is 5.56 Å². The highest BCUT2D eigenvalue weighted by atomic mass is 16.3. The third-order valence-corrected chi connectivity index (χ3v) is 5.03. The van der Waals surface area contributed by atoms with Crippen LogP contribution in [0, 0.1) is 0 Å². The van der Waals surface area contributed by atoms with E-state index in [-0.39, 0.29) is 11.9 Å². The minimum atomic E-state index is -0.821. The van der Waals surface area contributed by atoms with Crippen LogP contribution >= 0.6 is 0 Å². The van der Waals surface area contributed by atoms with Crippen molar-refractivity contribution >= 4 is 5.91 Å². The van der Waals surface area contributed by atoms with Crippen molar-refractivity contribution in [3.63, 3.8) is 0 Å². The Labute approximate surface area is 143 Å². The maximum Gasteiger partial charge on any atom is 0.251 e. The molecule has 0 unspecified atom stereocenters. The van der Waals surface area contributed by atoms with Gasteiger partial charge in [0.2, 0.25) is 0 Å². The molecule has 2 aromatic carbocycles. The Morgan fingerprint density at radius 1 is 1.04 bits per heavy atom. The molecule has 1 aliphatic carbocycles. The predicted octanol–water partition coefficient (Wildman–Crippen LogP) is 3.72. The maximum atomic E-state index is 12.5. The van der Waals surface area contributed by atoms with Gasteiger partial charge in [-0.05, 0) is 43.4 Å². The van der Waals surface area contributed by atoms with E-state index in [4.69, 9.17) is 0 Å². The highest BCUT2D eigenvalue weighted by molar-refractivity contribution is 5.94. The van der Waals surface area contributed by atoms with Crippen LogP contribution in [0.1, 0.15) is 48.0 Å². The highest BCUT2D eigenvalue weighted by Gasteiger charge is 2.39. The molecule has 2 aromatic rings. The van der Waals surface area contributed by atoms with E-state index in [9.17, 15) is 9.90 Å². The molecule has 3 heteroatoms. The molecule has 1 amide bonds. The fourth-order valence-electron chi connectivity index (χ4n) is 3.56. The lowest BCUT2D eigenvalue weighted by atomic mass is 9.76. The molecule has 2 atom stereocenters. The maximum absolute atomic E-state index is 12.5.